The van der Waals surface area contributed by atoms with Gasteiger partial charge in [-0.05, 0) is 43.6 Å². The zero-order chi connectivity index (χ0) is 12.3. The van der Waals surface area contributed by atoms with Crippen LogP contribution in [0.25, 0.3) is 0 Å². The number of hydrogen-bond donors (Lipinski definition) is 1. The lowest BCUT2D eigenvalue weighted by Crippen LogP contribution is -2.36. The summed E-state index contributed by atoms with van der Waals surface area (Å²) < 4.78 is 37.0. The van der Waals surface area contributed by atoms with Crippen LogP contribution in [0.2, 0.25) is 0 Å². The quantitative estimate of drug-likeness (QED) is 0.892. The predicted octanol–water partition coefficient (Wildman–Crippen LogP) is 1.49. The third-order valence-electron chi connectivity index (χ3n) is 3.08. The van der Waals surface area contributed by atoms with E-state index in [1.807, 2.05) is 0 Å². The Morgan fingerprint density at radius 2 is 1.76 bits per heavy atom. The molecule has 0 saturated carbocycles. The lowest BCUT2D eigenvalue weighted by atomic mass is 10.2. The highest BCUT2D eigenvalue weighted by atomic mass is 32.2. The second-order valence-corrected chi connectivity index (χ2v) is 6.66. The van der Waals surface area contributed by atoms with E-state index in [1.165, 1.54) is 24.3 Å². The van der Waals surface area contributed by atoms with Crippen LogP contribution in [0.3, 0.4) is 0 Å². The third kappa shape index (κ3) is 3.26. The molecule has 0 aliphatic carbocycles. The maximum absolute atomic E-state index is 12.7. The highest BCUT2D eigenvalue weighted by molar-refractivity contribution is 7.91. The molecule has 17 heavy (non-hydrogen) atoms. The number of piperidine rings is 1. The standard InChI is InChI=1S/C12H16FNO2S/c13-11-3-1-10(2-4-11)9-17(15,16)12-5-7-14-8-6-12/h1-4,12,14H,5-9H2. The van der Waals surface area contributed by atoms with Gasteiger partial charge in [0.1, 0.15) is 5.82 Å². The van der Waals surface area contributed by atoms with Crippen molar-refractivity contribution in [2.24, 2.45) is 0 Å². The van der Waals surface area contributed by atoms with Gasteiger partial charge in [0.15, 0.2) is 9.84 Å². The molecule has 1 aromatic carbocycles. The van der Waals surface area contributed by atoms with Crippen LogP contribution in [0, 0.1) is 5.82 Å². The molecule has 3 nitrogen and oxygen atoms in total. The predicted molar refractivity (Wildman–Crippen MR) is 64.9 cm³/mol. The molecule has 2 rings (SSSR count). The molecule has 0 aromatic heterocycles. The maximum Gasteiger partial charge on any atom is 0.157 e. The molecule has 0 atom stereocenters. The maximum atomic E-state index is 12.7. The Bertz CT molecular complexity index is 464. The molecule has 1 N–H and O–H groups in total. The minimum absolute atomic E-state index is 0.0119. The van der Waals surface area contributed by atoms with Gasteiger partial charge in [-0.3, -0.25) is 0 Å². The van der Waals surface area contributed by atoms with Crippen molar-refractivity contribution >= 4 is 9.84 Å². The fraction of sp³-hybridized carbons (Fsp3) is 0.500. The Morgan fingerprint density at radius 3 is 2.35 bits per heavy atom. The number of sulfone groups is 1. The second kappa shape index (κ2) is 5.14. The lowest BCUT2D eigenvalue weighted by Gasteiger charge is -2.22. The first kappa shape index (κ1) is 12.5. The number of nitrogens with one attached hydrogen (secondary N) is 1. The van der Waals surface area contributed by atoms with Crippen molar-refractivity contribution < 1.29 is 12.8 Å². The second-order valence-electron chi connectivity index (χ2n) is 4.38. The van der Waals surface area contributed by atoms with E-state index in [0.29, 0.717) is 18.4 Å². The Hall–Kier alpha value is -0.940. The van der Waals surface area contributed by atoms with E-state index >= 15 is 0 Å². The van der Waals surface area contributed by atoms with Gasteiger partial charge in [-0.15, -0.1) is 0 Å². The Labute approximate surface area is 101 Å². The molecule has 0 bridgehead atoms. The largest absolute Gasteiger partial charge is 0.317 e. The van der Waals surface area contributed by atoms with Gasteiger partial charge in [-0.2, -0.15) is 0 Å². The summed E-state index contributed by atoms with van der Waals surface area (Å²) in [6.07, 6.45) is 1.34. The molecule has 1 aliphatic rings. The fourth-order valence-corrected chi connectivity index (χ4v) is 3.93. The number of rotatable bonds is 3. The normalized spacial score (nSPS) is 18.2. The molecular formula is C12H16FNO2S. The summed E-state index contributed by atoms with van der Waals surface area (Å²) in [7, 11) is -3.11. The van der Waals surface area contributed by atoms with Crippen LogP contribution in [-0.2, 0) is 15.6 Å². The zero-order valence-electron chi connectivity index (χ0n) is 9.52. The van der Waals surface area contributed by atoms with Gasteiger partial charge < -0.3 is 5.32 Å². The van der Waals surface area contributed by atoms with Crippen molar-refractivity contribution in [2.75, 3.05) is 13.1 Å². The molecule has 94 valence electrons. The van der Waals surface area contributed by atoms with E-state index in [9.17, 15) is 12.8 Å². The first-order chi connectivity index (χ1) is 8.08. The van der Waals surface area contributed by atoms with E-state index in [4.69, 9.17) is 0 Å². The Kier molecular flexibility index (Phi) is 3.79. The minimum atomic E-state index is -3.11. The van der Waals surface area contributed by atoms with Gasteiger partial charge in [-0.25, -0.2) is 12.8 Å². The van der Waals surface area contributed by atoms with E-state index in [-0.39, 0.29) is 16.8 Å². The number of halogens is 1. The zero-order valence-corrected chi connectivity index (χ0v) is 10.3. The summed E-state index contributed by atoms with van der Waals surface area (Å²) >= 11 is 0. The molecule has 5 heteroatoms. The summed E-state index contributed by atoms with van der Waals surface area (Å²) in [5, 5.41) is 2.89. The van der Waals surface area contributed by atoms with Crippen molar-refractivity contribution in [1.82, 2.24) is 5.32 Å². The molecule has 0 radical (unpaired) electrons. The van der Waals surface area contributed by atoms with E-state index in [0.717, 1.165) is 13.1 Å². The molecular weight excluding hydrogens is 241 g/mol. The summed E-state index contributed by atoms with van der Waals surface area (Å²) in [5.74, 6) is -0.328. The van der Waals surface area contributed by atoms with Crippen molar-refractivity contribution in [3.63, 3.8) is 0 Å². The van der Waals surface area contributed by atoms with Crippen LogP contribution in [0.1, 0.15) is 18.4 Å². The molecule has 1 heterocycles. The summed E-state index contributed by atoms with van der Waals surface area (Å²) in [5.41, 5.74) is 0.657. The molecule has 1 saturated heterocycles. The van der Waals surface area contributed by atoms with Crippen LogP contribution < -0.4 is 5.32 Å². The van der Waals surface area contributed by atoms with E-state index < -0.39 is 9.84 Å². The molecule has 1 aliphatic heterocycles. The SMILES string of the molecule is O=S(=O)(Cc1ccc(F)cc1)C1CCNCC1. The summed E-state index contributed by atoms with van der Waals surface area (Å²) in [6, 6.07) is 5.67. The van der Waals surface area contributed by atoms with Gasteiger partial charge in [0.25, 0.3) is 0 Å². The third-order valence-corrected chi connectivity index (χ3v) is 5.30. The van der Waals surface area contributed by atoms with Crippen LogP contribution in [0.15, 0.2) is 24.3 Å². The number of hydrogen-bond acceptors (Lipinski definition) is 3. The minimum Gasteiger partial charge on any atom is -0.317 e. The average Bonchev–Trinajstić information content (AvgIpc) is 2.33. The van der Waals surface area contributed by atoms with Crippen LogP contribution in [0.4, 0.5) is 4.39 Å². The first-order valence-corrected chi connectivity index (χ1v) is 7.46. The van der Waals surface area contributed by atoms with Crippen LogP contribution in [0.5, 0.6) is 0 Å². The van der Waals surface area contributed by atoms with Gasteiger partial charge in [0.2, 0.25) is 0 Å². The lowest BCUT2D eigenvalue weighted by molar-refractivity contribution is 0.496. The van der Waals surface area contributed by atoms with Gasteiger partial charge in [-0.1, -0.05) is 12.1 Å². The van der Waals surface area contributed by atoms with Crippen molar-refractivity contribution in [2.45, 2.75) is 23.8 Å². The molecule has 0 spiro atoms. The highest BCUT2D eigenvalue weighted by Crippen LogP contribution is 2.18. The number of benzene rings is 1. The molecule has 1 fully saturated rings. The van der Waals surface area contributed by atoms with Gasteiger partial charge in [0, 0.05) is 0 Å². The van der Waals surface area contributed by atoms with E-state index in [1.54, 1.807) is 0 Å². The smallest absolute Gasteiger partial charge is 0.157 e. The van der Waals surface area contributed by atoms with Crippen LogP contribution in [-0.4, -0.2) is 26.8 Å². The van der Waals surface area contributed by atoms with Crippen LogP contribution >= 0.6 is 0 Å². The summed E-state index contributed by atoms with van der Waals surface area (Å²) in [6.45, 7) is 1.51. The van der Waals surface area contributed by atoms with Crippen molar-refractivity contribution in [1.29, 1.82) is 0 Å². The fourth-order valence-electron chi connectivity index (χ4n) is 2.09. The molecule has 0 unspecified atom stereocenters. The molecule has 0 amide bonds. The van der Waals surface area contributed by atoms with Gasteiger partial charge in [0.05, 0.1) is 11.0 Å². The van der Waals surface area contributed by atoms with E-state index in [2.05, 4.69) is 5.32 Å². The first-order valence-electron chi connectivity index (χ1n) is 5.75. The van der Waals surface area contributed by atoms with Crippen molar-refractivity contribution in [3.8, 4) is 0 Å². The Morgan fingerprint density at radius 1 is 1.18 bits per heavy atom. The monoisotopic (exact) mass is 257 g/mol. The van der Waals surface area contributed by atoms with Gasteiger partial charge >= 0.3 is 0 Å². The van der Waals surface area contributed by atoms with Crippen molar-refractivity contribution in [3.05, 3.63) is 35.6 Å². The summed E-state index contributed by atoms with van der Waals surface area (Å²) in [4.78, 5) is 0. The Balaban J connectivity index is 2.08. The molecule has 1 aromatic rings. The average molecular weight is 257 g/mol. The highest BCUT2D eigenvalue weighted by Gasteiger charge is 2.27. The topological polar surface area (TPSA) is 46.2 Å².